The molecule has 0 bridgehead atoms. The van der Waals surface area contributed by atoms with Crippen molar-refractivity contribution in [2.24, 2.45) is 11.8 Å². The average Bonchev–Trinajstić information content (AvgIpc) is 2.70. The first-order valence-corrected chi connectivity index (χ1v) is 11.2. The van der Waals surface area contributed by atoms with E-state index in [0.717, 1.165) is 37.3 Å². The van der Waals surface area contributed by atoms with E-state index in [2.05, 4.69) is 5.32 Å². The fraction of sp³-hybridized carbons (Fsp3) is 0.708. The molecule has 2 fully saturated rings. The van der Waals surface area contributed by atoms with Crippen molar-refractivity contribution in [3.05, 3.63) is 35.1 Å². The molecule has 0 aliphatic heterocycles. The highest BCUT2D eigenvalue weighted by atomic mass is 19.1. The molecule has 1 N–H and O–H groups in total. The first-order valence-electron chi connectivity index (χ1n) is 11.2. The molecule has 3 atom stereocenters. The second kappa shape index (κ2) is 10.4. The number of esters is 1. The average molecular weight is 390 g/mol. The van der Waals surface area contributed by atoms with Gasteiger partial charge in [0, 0.05) is 18.4 Å². The van der Waals surface area contributed by atoms with E-state index in [4.69, 9.17) is 4.74 Å². The molecule has 0 saturated heterocycles. The van der Waals surface area contributed by atoms with Gasteiger partial charge in [-0.05, 0) is 75.1 Å². The van der Waals surface area contributed by atoms with Crippen molar-refractivity contribution in [3.63, 3.8) is 0 Å². The third kappa shape index (κ3) is 5.56. The van der Waals surface area contributed by atoms with Gasteiger partial charge in [-0.15, -0.1) is 0 Å². The Bertz CT molecular complexity index is 641. The Morgan fingerprint density at radius 3 is 2.64 bits per heavy atom. The van der Waals surface area contributed by atoms with Gasteiger partial charge in [-0.25, -0.2) is 4.39 Å². The van der Waals surface area contributed by atoms with Gasteiger partial charge < -0.3 is 10.1 Å². The van der Waals surface area contributed by atoms with Crippen molar-refractivity contribution in [2.75, 3.05) is 13.2 Å². The molecule has 3 rings (SSSR count). The number of carbonyl (C=O) groups is 1. The Morgan fingerprint density at radius 2 is 1.93 bits per heavy atom. The molecule has 0 spiro atoms. The Balaban J connectivity index is 1.76. The lowest BCUT2D eigenvalue weighted by molar-refractivity contribution is -0.144. The van der Waals surface area contributed by atoms with Gasteiger partial charge in [0.2, 0.25) is 0 Å². The quantitative estimate of drug-likeness (QED) is 0.625. The minimum Gasteiger partial charge on any atom is -0.466 e. The van der Waals surface area contributed by atoms with Crippen LogP contribution in [0.25, 0.3) is 0 Å². The molecule has 4 heteroatoms. The zero-order chi connectivity index (χ0) is 19.9. The van der Waals surface area contributed by atoms with E-state index >= 15 is 0 Å². The number of nitrogens with one attached hydrogen (secondary N) is 1. The van der Waals surface area contributed by atoms with Gasteiger partial charge in [-0.1, -0.05) is 37.8 Å². The van der Waals surface area contributed by atoms with Gasteiger partial charge in [0.05, 0.1) is 6.61 Å². The fourth-order valence-electron chi connectivity index (χ4n) is 5.27. The summed E-state index contributed by atoms with van der Waals surface area (Å²) in [5, 5.41) is 3.86. The maximum atomic E-state index is 13.9. The summed E-state index contributed by atoms with van der Waals surface area (Å²) in [6, 6.07) is 5.84. The largest absolute Gasteiger partial charge is 0.466 e. The van der Waals surface area contributed by atoms with E-state index in [0.29, 0.717) is 24.6 Å². The zero-order valence-electron chi connectivity index (χ0n) is 17.5. The Kier molecular flexibility index (Phi) is 7.90. The SMILES string of the molecule is CCOC(=O)CC1CCCC(NCC2CCCCC2)C1c1ccc(F)c(C)c1. The molecule has 0 radical (unpaired) electrons. The maximum absolute atomic E-state index is 13.9. The first kappa shape index (κ1) is 21.3. The van der Waals surface area contributed by atoms with Gasteiger partial charge in [0.15, 0.2) is 0 Å². The second-order valence-corrected chi connectivity index (χ2v) is 8.75. The highest BCUT2D eigenvalue weighted by molar-refractivity contribution is 5.69. The number of hydrogen-bond acceptors (Lipinski definition) is 3. The summed E-state index contributed by atoms with van der Waals surface area (Å²) in [5.41, 5.74) is 1.85. The van der Waals surface area contributed by atoms with Crippen molar-refractivity contribution in [2.45, 2.75) is 83.6 Å². The normalized spacial score (nSPS) is 26.2. The molecule has 0 heterocycles. The standard InChI is InChI=1S/C24H36FNO2/c1-3-28-23(27)15-19-10-7-11-22(26-16-18-8-5-4-6-9-18)24(19)20-12-13-21(25)17(2)14-20/h12-14,18-19,22,24,26H,3-11,15-16H2,1-2H3. The Hall–Kier alpha value is -1.42. The Labute approximate surface area is 169 Å². The molecule has 2 aliphatic rings. The number of aryl methyl sites for hydroxylation is 1. The maximum Gasteiger partial charge on any atom is 0.306 e. The number of halogens is 1. The van der Waals surface area contributed by atoms with Crippen LogP contribution in [-0.4, -0.2) is 25.2 Å². The van der Waals surface area contributed by atoms with Gasteiger partial charge >= 0.3 is 5.97 Å². The summed E-state index contributed by atoms with van der Waals surface area (Å²) >= 11 is 0. The minimum absolute atomic E-state index is 0.107. The summed E-state index contributed by atoms with van der Waals surface area (Å²) in [7, 11) is 0. The number of ether oxygens (including phenoxy) is 1. The van der Waals surface area contributed by atoms with Crippen LogP contribution in [0.5, 0.6) is 0 Å². The minimum atomic E-state index is -0.159. The van der Waals surface area contributed by atoms with Crippen LogP contribution in [0.1, 0.15) is 81.8 Å². The predicted molar refractivity (Wildman–Crippen MR) is 111 cm³/mol. The molecule has 1 aromatic carbocycles. The molecule has 156 valence electrons. The first-order chi connectivity index (χ1) is 13.6. The van der Waals surface area contributed by atoms with Crippen LogP contribution in [0.4, 0.5) is 4.39 Å². The third-order valence-corrected chi connectivity index (χ3v) is 6.73. The van der Waals surface area contributed by atoms with Crippen LogP contribution in [0, 0.1) is 24.6 Å². The monoisotopic (exact) mass is 389 g/mol. The van der Waals surface area contributed by atoms with Crippen LogP contribution in [0.2, 0.25) is 0 Å². The van der Waals surface area contributed by atoms with Crippen LogP contribution in [0.3, 0.4) is 0 Å². The molecule has 3 unspecified atom stereocenters. The van der Waals surface area contributed by atoms with Crippen molar-refractivity contribution >= 4 is 5.97 Å². The van der Waals surface area contributed by atoms with E-state index in [-0.39, 0.29) is 23.6 Å². The summed E-state index contributed by atoms with van der Waals surface area (Å²) in [5.74, 6) is 0.995. The Morgan fingerprint density at radius 1 is 1.14 bits per heavy atom. The lowest BCUT2D eigenvalue weighted by Crippen LogP contribution is -2.44. The summed E-state index contributed by atoms with van der Waals surface area (Å²) < 4.78 is 19.1. The van der Waals surface area contributed by atoms with Gasteiger partial charge in [-0.2, -0.15) is 0 Å². The number of carbonyl (C=O) groups excluding carboxylic acids is 1. The molecule has 1 aromatic rings. The molecule has 0 amide bonds. The van der Waals surface area contributed by atoms with Crippen molar-refractivity contribution in [1.82, 2.24) is 5.32 Å². The number of hydrogen-bond donors (Lipinski definition) is 1. The highest BCUT2D eigenvalue weighted by Gasteiger charge is 2.36. The summed E-state index contributed by atoms with van der Waals surface area (Å²) in [4.78, 5) is 12.2. The molecule has 3 nitrogen and oxygen atoms in total. The molecule has 28 heavy (non-hydrogen) atoms. The van der Waals surface area contributed by atoms with Crippen molar-refractivity contribution in [1.29, 1.82) is 0 Å². The number of rotatable bonds is 7. The lowest BCUT2D eigenvalue weighted by Gasteiger charge is -2.40. The smallest absolute Gasteiger partial charge is 0.306 e. The molecule has 2 aliphatic carbocycles. The fourth-order valence-corrected chi connectivity index (χ4v) is 5.27. The van der Waals surface area contributed by atoms with E-state index in [1.807, 2.05) is 26.0 Å². The third-order valence-electron chi connectivity index (χ3n) is 6.73. The second-order valence-electron chi connectivity index (χ2n) is 8.75. The topological polar surface area (TPSA) is 38.3 Å². The molecule has 0 aromatic heterocycles. The zero-order valence-corrected chi connectivity index (χ0v) is 17.5. The van der Waals surface area contributed by atoms with Crippen LogP contribution >= 0.6 is 0 Å². The van der Waals surface area contributed by atoms with E-state index in [9.17, 15) is 9.18 Å². The highest BCUT2D eigenvalue weighted by Crippen LogP contribution is 2.41. The summed E-state index contributed by atoms with van der Waals surface area (Å²) in [6.45, 7) is 5.17. The van der Waals surface area contributed by atoms with Crippen molar-refractivity contribution < 1.29 is 13.9 Å². The van der Waals surface area contributed by atoms with E-state index in [1.165, 1.54) is 32.1 Å². The van der Waals surface area contributed by atoms with Crippen LogP contribution in [0.15, 0.2) is 18.2 Å². The van der Waals surface area contributed by atoms with Gasteiger partial charge in [-0.3, -0.25) is 4.79 Å². The molecule has 2 saturated carbocycles. The van der Waals surface area contributed by atoms with Crippen LogP contribution in [-0.2, 0) is 9.53 Å². The molecular formula is C24H36FNO2. The van der Waals surface area contributed by atoms with Crippen LogP contribution < -0.4 is 5.32 Å². The number of benzene rings is 1. The van der Waals surface area contributed by atoms with Gasteiger partial charge in [0.25, 0.3) is 0 Å². The predicted octanol–water partition coefficient (Wildman–Crippen LogP) is 5.51. The van der Waals surface area contributed by atoms with Gasteiger partial charge in [0.1, 0.15) is 5.82 Å². The van der Waals surface area contributed by atoms with E-state index in [1.54, 1.807) is 6.07 Å². The van der Waals surface area contributed by atoms with Crippen molar-refractivity contribution in [3.8, 4) is 0 Å². The summed E-state index contributed by atoms with van der Waals surface area (Å²) in [6.07, 6.45) is 10.5. The lowest BCUT2D eigenvalue weighted by atomic mass is 9.70. The van der Waals surface area contributed by atoms with E-state index < -0.39 is 0 Å². The molecular weight excluding hydrogens is 353 g/mol.